The Morgan fingerprint density at radius 2 is 2.08 bits per heavy atom. The summed E-state index contributed by atoms with van der Waals surface area (Å²) < 4.78 is 0. The van der Waals surface area contributed by atoms with Crippen LogP contribution in [-0.2, 0) is 0 Å². The van der Waals surface area contributed by atoms with Crippen LogP contribution in [0, 0.1) is 11.3 Å². The van der Waals surface area contributed by atoms with E-state index in [0.717, 1.165) is 19.5 Å². The molecule has 0 radical (unpaired) electrons. The summed E-state index contributed by atoms with van der Waals surface area (Å²) in [5.74, 6) is 0. The van der Waals surface area contributed by atoms with E-state index in [1.807, 2.05) is 14.0 Å². The third kappa shape index (κ3) is 4.87. The minimum absolute atomic E-state index is 0.373. The van der Waals surface area contributed by atoms with Gasteiger partial charge in [-0.2, -0.15) is 5.26 Å². The molecule has 0 saturated heterocycles. The summed E-state index contributed by atoms with van der Waals surface area (Å²) >= 11 is 0. The summed E-state index contributed by atoms with van der Waals surface area (Å²) in [6.07, 6.45) is 2.04. The summed E-state index contributed by atoms with van der Waals surface area (Å²) in [6.45, 7) is 6.18. The number of nitriles is 1. The van der Waals surface area contributed by atoms with Crippen LogP contribution in [0.4, 0.5) is 0 Å². The monoisotopic (exact) mass is 183 g/mol. The maximum atomic E-state index is 8.90. The highest BCUT2D eigenvalue weighted by Gasteiger charge is 2.20. The zero-order valence-corrected chi connectivity index (χ0v) is 9.22. The van der Waals surface area contributed by atoms with Crippen molar-refractivity contribution in [2.45, 2.75) is 32.2 Å². The summed E-state index contributed by atoms with van der Waals surface area (Å²) in [7, 11) is 3.93. The molecule has 0 bridgehead atoms. The molecular formula is C10H21N3. The first-order chi connectivity index (χ1) is 6.08. The number of nitrogens with one attached hydrogen (secondary N) is 1. The lowest BCUT2D eigenvalue weighted by Gasteiger charge is -2.24. The van der Waals surface area contributed by atoms with Gasteiger partial charge in [0.15, 0.2) is 0 Å². The summed E-state index contributed by atoms with van der Waals surface area (Å²) in [4.78, 5) is 2.26. The van der Waals surface area contributed by atoms with Gasteiger partial charge in [0.1, 0.15) is 5.54 Å². The molecule has 0 heterocycles. The maximum Gasteiger partial charge on any atom is 0.104 e. The molecule has 0 aliphatic rings. The number of nitrogens with zero attached hydrogens (tertiary/aromatic N) is 2. The molecular weight excluding hydrogens is 162 g/mol. The third-order valence-corrected chi connectivity index (χ3v) is 2.40. The van der Waals surface area contributed by atoms with Gasteiger partial charge in [0.2, 0.25) is 0 Å². The van der Waals surface area contributed by atoms with E-state index in [1.54, 1.807) is 0 Å². The van der Waals surface area contributed by atoms with Crippen molar-refractivity contribution in [1.29, 1.82) is 5.26 Å². The van der Waals surface area contributed by atoms with Gasteiger partial charge in [-0.15, -0.1) is 0 Å². The van der Waals surface area contributed by atoms with Crippen molar-refractivity contribution >= 4 is 0 Å². The molecule has 1 N–H and O–H groups in total. The highest BCUT2D eigenvalue weighted by atomic mass is 15.1. The summed E-state index contributed by atoms with van der Waals surface area (Å²) in [6, 6.07) is 2.29. The van der Waals surface area contributed by atoms with Gasteiger partial charge < -0.3 is 10.2 Å². The first-order valence-corrected chi connectivity index (χ1v) is 4.86. The van der Waals surface area contributed by atoms with Crippen LogP contribution < -0.4 is 5.32 Å². The van der Waals surface area contributed by atoms with Crippen molar-refractivity contribution in [1.82, 2.24) is 10.2 Å². The summed E-state index contributed by atoms with van der Waals surface area (Å²) in [5, 5.41) is 11.9. The molecule has 0 fully saturated rings. The average Bonchev–Trinajstić information content (AvgIpc) is 2.15. The van der Waals surface area contributed by atoms with Crippen molar-refractivity contribution in [3.8, 4) is 6.07 Å². The van der Waals surface area contributed by atoms with Crippen molar-refractivity contribution in [3.05, 3.63) is 0 Å². The molecule has 0 aromatic carbocycles. The molecule has 1 atom stereocenters. The Kier molecular flexibility index (Phi) is 5.68. The Hall–Kier alpha value is -0.590. The van der Waals surface area contributed by atoms with Crippen LogP contribution in [0.3, 0.4) is 0 Å². The van der Waals surface area contributed by atoms with E-state index in [-0.39, 0.29) is 5.54 Å². The van der Waals surface area contributed by atoms with Gasteiger partial charge in [-0.05, 0) is 40.4 Å². The van der Waals surface area contributed by atoms with Gasteiger partial charge in [0, 0.05) is 6.54 Å². The lowest BCUT2D eigenvalue weighted by Crippen LogP contribution is -2.41. The minimum atomic E-state index is -0.373. The van der Waals surface area contributed by atoms with Gasteiger partial charge in [0.25, 0.3) is 0 Å². The molecule has 0 aliphatic heterocycles. The molecule has 0 amide bonds. The highest BCUT2D eigenvalue weighted by molar-refractivity contribution is 5.02. The second-order valence-corrected chi connectivity index (χ2v) is 3.75. The SMILES string of the molecule is CCCN(C)CCC(C)(C#N)NC. The van der Waals surface area contributed by atoms with E-state index in [0.29, 0.717) is 0 Å². The van der Waals surface area contributed by atoms with E-state index in [1.165, 1.54) is 6.42 Å². The number of hydrogen-bond donors (Lipinski definition) is 1. The van der Waals surface area contributed by atoms with Crippen LogP contribution >= 0.6 is 0 Å². The predicted octanol–water partition coefficient (Wildman–Crippen LogP) is 1.22. The number of hydrogen-bond acceptors (Lipinski definition) is 3. The van der Waals surface area contributed by atoms with Crippen LogP contribution in [0.5, 0.6) is 0 Å². The Bertz CT molecular complexity index is 173. The lowest BCUT2D eigenvalue weighted by molar-refractivity contribution is 0.294. The summed E-state index contributed by atoms with van der Waals surface area (Å²) in [5.41, 5.74) is -0.373. The molecule has 1 unspecified atom stereocenters. The lowest BCUT2D eigenvalue weighted by atomic mass is 10.0. The third-order valence-electron chi connectivity index (χ3n) is 2.40. The smallest absolute Gasteiger partial charge is 0.104 e. The standard InChI is InChI=1S/C10H21N3/c1-5-7-13(4)8-6-10(2,9-11)12-3/h12H,5-8H2,1-4H3. The predicted molar refractivity (Wildman–Crippen MR) is 55.5 cm³/mol. The molecule has 0 saturated carbocycles. The molecule has 0 aliphatic carbocycles. The van der Waals surface area contributed by atoms with Crippen LogP contribution in [0.25, 0.3) is 0 Å². The molecule has 0 aromatic rings. The molecule has 3 nitrogen and oxygen atoms in total. The van der Waals surface area contributed by atoms with E-state index in [9.17, 15) is 0 Å². The highest BCUT2D eigenvalue weighted by Crippen LogP contribution is 2.07. The Labute approximate surface area is 81.7 Å². The zero-order chi connectivity index (χ0) is 10.3. The van der Waals surface area contributed by atoms with Crippen LogP contribution in [0.1, 0.15) is 26.7 Å². The Morgan fingerprint density at radius 3 is 2.46 bits per heavy atom. The van der Waals surface area contributed by atoms with Crippen molar-refractivity contribution in [3.63, 3.8) is 0 Å². The fraction of sp³-hybridized carbons (Fsp3) is 0.900. The molecule has 76 valence electrons. The first-order valence-electron chi connectivity index (χ1n) is 4.86. The first kappa shape index (κ1) is 12.4. The van der Waals surface area contributed by atoms with E-state index in [2.05, 4.69) is 30.3 Å². The van der Waals surface area contributed by atoms with Crippen LogP contribution in [0.15, 0.2) is 0 Å². The number of rotatable bonds is 6. The Balaban J connectivity index is 3.80. The van der Waals surface area contributed by atoms with Crippen molar-refractivity contribution < 1.29 is 0 Å². The van der Waals surface area contributed by atoms with Gasteiger partial charge in [-0.25, -0.2) is 0 Å². The van der Waals surface area contributed by atoms with Crippen LogP contribution in [0.2, 0.25) is 0 Å². The van der Waals surface area contributed by atoms with Crippen LogP contribution in [-0.4, -0.2) is 37.6 Å². The normalized spacial score (nSPS) is 15.4. The van der Waals surface area contributed by atoms with E-state index >= 15 is 0 Å². The minimum Gasteiger partial charge on any atom is -0.306 e. The molecule has 13 heavy (non-hydrogen) atoms. The fourth-order valence-electron chi connectivity index (χ4n) is 1.14. The van der Waals surface area contributed by atoms with Crippen molar-refractivity contribution in [2.24, 2.45) is 0 Å². The van der Waals surface area contributed by atoms with E-state index < -0.39 is 0 Å². The molecule has 0 rings (SSSR count). The second kappa shape index (κ2) is 5.95. The largest absolute Gasteiger partial charge is 0.306 e. The Morgan fingerprint density at radius 1 is 1.46 bits per heavy atom. The van der Waals surface area contributed by atoms with Gasteiger partial charge >= 0.3 is 0 Å². The van der Waals surface area contributed by atoms with E-state index in [4.69, 9.17) is 5.26 Å². The van der Waals surface area contributed by atoms with Gasteiger partial charge in [-0.3, -0.25) is 0 Å². The average molecular weight is 183 g/mol. The molecule has 0 aromatic heterocycles. The second-order valence-electron chi connectivity index (χ2n) is 3.75. The maximum absolute atomic E-state index is 8.90. The molecule has 3 heteroatoms. The van der Waals surface area contributed by atoms with Gasteiger partial charge in [0.05, 0.1) is 6.07 Å². The fourth-order valence-corrected chi connectivity index (χ4v) is 1.14. The molecule has 0 spiro atoms. The topological polar surface area (TPSA) is 39.1 Å². The zero-order valence-electron chi connectivity index (χ0n) is 9.22. The van der Waals surface area contributed by atoms with Gasteiger partial charge in [-0.1, -0.05) is 6.92 Å². The quantitative estimate of drug-likeness (QED) is 0.673. The van der Waals surface area contributed by atoms with Crippen molar-refractivity contribution in [2.75, 3.05) is 27.2 Å².